The van der Waals surface area contributed by atoms with Crippen LogP contribution in [0.1, 0.15) is 19.8 Å². The van der Waals surface area contributed by atoms with Crippen LogP contribution in [0.5, 0.6) is 0 Å². The smallest absolute Gasteiger partial charge is 0.237 e. The summed E-state index contributed by atoms with van der Waals surface area (Å²) in [6.07, 6.45) is 2.00. The van der Waals surface area contributed by atoms with Gasteiger partial charge in [-0.25, -0.2) is 0 Å². The maximum absolute atomic E-state index is 11.2. The number of hydrogen-bond donors (Lipinski definition) is 2. The zero-order valence-electron chi connectivity index (χ0n) is 9.36. The molecule has 0 aromatic rings. The molecule has 3 unspecified atom stereocenters. The van der Waals surface area contributed by atoms with E-state index < -0.39 is 6.04 Å². The molecule has 5 heteroatoms. The molecule has 5 nitrogen and oxygen atoms in total. The van der Waals surface area contributed by atoms with Gasteiger partial charge in [0.05, 0.1) is 18.8 Å². The minimum Gasteiger partial charge on any atom is -0.383 e. The second-order valence-corrected chi connectivity index (χ2v) is 3.89. The van der Waals surface area contributed by atoms with Crippen LogP contribution in [-0.2, 0) is 14.3 Å². The summed E-state index contributed by atoms with van der Waals surface area (Å²) in [5.41, 5.74) is 5.32. The van der Waals surface area contributed by atoms with Gasteiger partial charge in [0, 0.05) is 13.7 Å². The van der Waals surface area contributed by atoms with Crippen LogP contribution in [0.25, 0.3) is 0 Å². The number of amides is 1. The number of hydrogen-bond acceptors (Lipinski definition) is 4. The Kier molecular flexibility index (Phi) is 5.01. The van der Waals surface area contributed by atoms with Crippen LogP contribution in [0, 0.1) is 0 Å². The monoisotopic (exact) mass is 216 g/mol. The van der Waals surface area contributed by atoms with E-state index >= 15 is 0 Å². The highest BCUT2D eigenvalue weighted by atomic mass is 16.5. The Morgan fingerprint density at radius 1 is 1.67 bits per heavy atom. The first kappa shape index (κ1) is 12.4. The van der Waals surface area contributed by atoms with Gasteiger partial charge in [-0.2, -0.15) is 0 Å². The molecule has 3 atom stereocenters. The third kappa shape index (κ3) is 3.77. The van der Waals surface area contributed by atoms with Gasteiger partial charge in [-0.1, -0.05) is 0 Å². The van der Waals surface area contributed by atoms with Gasteiger partial charge in [-0.05, 0) is 19.8 Å². The standard InChI is InChI=1S/C10H20N2O3/c1-7-3-4-8(15-7)9(10(11)13)12-5-6-14-2/h7-9,12H,3-6H2,1-2H3,(H2,11,13). The number of primary amides is 1. The number of carbonyl (C=O) groups is 1. The number of carbonyl (C=O) groups excluding carboxylic acids is 1. The van der Waals surface area contributed by atoms with Crippen molar-refractivity contribution in [3.05, 3.63) is 0 Å². The quantitative estimate of drug-likeness (QED) is 0.595. The SMILES string of the molecule is COCCNC(C(N)=O)C1CCC(C)O1. The van der Waals surface area contributed by atoms with E-state index in [9.17, 15) is 4.79 Å². The highest BCUT2D eigenvalue weighted by Crippen LogP contribution is 2.21. The van der Waals surface area contributed by atoms with E-state index in [1.165, 1.54) is 0 Å². The summed E-state index contributed by atoms with van der Waals surface area (Å²) < 4.78 is 10.5. The molecule has 1 rings (SSSR count). The first-order valence-corrected chi connectivity index (χ1v) is 5.32. The fourth-order valence-electron chi connectivity index (χ4n) is 1.81. The van der Waals surface area contributed by atoms with E-state index in [2.05, 4.69) is 5.32 Å². The molecule has 88 valence electrons. The molecule has 1 fully saturated rings. The van der Waals surface area contributed by atoms with Gasteiger partial charge in [0.2, 0.25) is 5.91 Å². The lowest BCUT2D eigenvalue weighted by molar-refractivity contribution is -0.123. The lowest BCUT2D eigenvalue weighted by Crippen LogP contribution is -2.50. The minimum atomic E-state index is -0.398. The lowest BCUT2D eigenvalue weighted by Gasteiger charge is -2.21. The van der Waals surface area contributed by atoms with E-state index in [4.69, 9.17) is 15.2 Å². The van der Waals surface area contributed by atoms with E-state index in [1.54, 1.807) is 7.11 Å². The van der Waals surface area contributed by atoms with Crippen molar-refractivity contribution >= 4 is 5.91 Å². The first-order chi connectivity index (χ1) is 7.15. The molecule has 1 saturated heterocycles. The van der Waals surface area contributed by atoms with E-state index in [-0.39, 0.29) is 18.1 Å². The summed E-state index contributed by atoms with van der Waals surface area (Å²) in [7, 11) is 1.62. The second kappa shape index (κ2) is 6.05. The summed E-state index contributed by atoms with van der Waals surface area (Å²) in [6, 6.07) is -0.398. The van der Waals surface area contributed by atoms with Crippen molar-refractivity contribution in [2.45, 2.75) is 38.0 Å². The molecular weight excluding hydrogens is 196 g/mol. The van der Waals surface area contributed by atoms with Gasteiger partial charge in [0.15, 0.2) is 0 Å². The van der Waals surface area contributed by atoms with Crippen molar-refractivity contribution in [1.29, 1.82) is 0 Å². The van der Waals surface area contributed by atoms with Crippen LogP contribution >= 0.6 is 0 Å². The maximum Gasteiger partial charge on any atom is 0.237 e. The van der Waals surface area contributed by atoms with Gasteiger partial charge in [0.1, 0.15) is 6.04 Å². The molecule has 0 aliphatic carbocycles. The molecule has 3 N–H and O–H groups in total. The van der Waals surface area contributed by atoms with Gasteiger partial charge < -0.3 is 20.5 Å². The first-order valence-electron chi connectivity index (χ1n) is 5.32. The molecule has 0 aromatic heterocycles. The van der Waals surface area contributed by atoms with Crippen molar-refractivity contribution in [2.24, 2.45) is 5.73 Å². The Bertz CT molecular complexity index is 211. The number of methoxy groups -OCH3 is 1. The van der Waals surface area contributed by atoms with Crippen LogP contribution in [0.15, 0.2) is 0 Å². The average molecular weight is 216 g/mol. The van der Waals surface area contributed by atoms with E-state index in [1.807, 2.05) is 6.92 Å². The summed E-state index contributed by atoms with van der Waals surface area (Å²) in [5.74, 6) is -0.356. The van der Waals surface area contributed by atoms with Crippen LogP contribution in [0.2, 0.25) is 0 Å². The number of ether oxygens (including phenoxy) is 2. The molecule has 0 aromatic carbocycles. The Labute approximate surface area is 90.3 Å². The largest absolute Gasteiger partial charge is 0.383 e. The lowest BCUT2D eigenvalue weighted by atomic mass is 10.1. The van der Waals surface area contributed by atoms with Crippen molar-refractivity contribution in [2.75, 3.05) is 20.3 Å². The highest BCUT2D eigenvalue weighted by Gasteiger charge is 2.32. The molecular formula is C10H20N2O3. The highest BCUT2D eigenvalue weighted by molar-refractivity contribution is 5.80. The topological polar surface area (TPSA) is 73.6 Å². The number of nitrogens with two attached hydrogens (primary N) is 1. The molecule has 1 amide bonds. The fourth-order valence-corrected chi connectivity index (χ4v) is 1.81. The van der Waals surface area contributed by atoms with Gasteiger partial charge >= 0.3 is 0 Å². The second-order valence-electron chi connectivity index (χ2n) is 3.89. The van der Waals surface area contributed by atoms with Crippen LogP contribution in [0.3, 0.4) is 0 Å². The van der Waals surface area contributed by atoms with Crippen LogP contribution in [-0.4, -0.2) is 44.4 Å². The van der Waals surface area contributed by atoms with Crippen molar-refractivity contribution < 1.29 is 14.3 Å². The number of rotatable bonds is 6. The summed E-state index contributed by atoms with van der Waals surface area (Å²) in [4.78, 5) is 11.2. The third-order valence-electron chi connectivity index (χ3n) is 2.61. The van der Waals surface area contributed by atoms with Crippen molar-refractivity contribution in [3.63, 3.8) is 0 Å². The molecule has 0 spiro atoms. The Balaban J connectivity index is 2.39. The zero-order chi connectivity index (χ0) is 11.3. The molecule has 0 bridgehead atoms. The third-order valence-corrected chi connectivity index (χ3v) is 2.61. The predicted octanol–water partition coefficient (Wildman–Crippen LogP) is -0.356. The van der Waals surface area contributed by atoms with Crippen LogP contribution < -0.4 is 11.1 Å². The van der Waals surface area contributed by atoms with Crippen LogP contribution in [0.4, 0.5) is 0 Å². The fraction of sp³-hybridized carbons (Fsp3) is 0.900. The van der Waals surface area contributed by atoms with E-state index in [0.29, 0.717) is 13.2 Å². The summed E-state index contributed by atoms with van der Waals surface area (Å²) >= 11 is 0. The summed E-state index contributed by atoms with van der Waals surface area (Å²) in [5, 5.41) is 3.06. The van der Waals surface area contributed by atoms with Crippen molar-refractivity contribution in [1.82, 2.24) is 5.32 Å². The van der Waals surface area contributed by atoms with Gasteiger partial charge in [-0.3, -0.25) is 4.79 Å². The molecule has 0 radical (unpaired) electrons. The molecule has 0 saturated carbocycles. The Hall–Kier alpha value is -0.650. The van der Waals surface area contributed by atoms with E-state index in [0.717, 1.165) is 12.8 Å². The Morgan fingerprint density at radius 2 is 2.40 bits per heavy atom. The maximum atomic E-state index is 11.2. The molecule has 15 heavy (non-hydrogen) atoms. The zero-order valence-corrected chi connectivity index (χ0v) is 9.36. The summed E-state index contributed by atoms with van der Waals surface area (Å²) in [6.45, 7) is 3.18. The predicted molar refractivity (Wildman–Crippen MR) is 56.4 cm³/mol. The van der Waals surface area contributed by atoms with Gasteiger partial charge in [0.25, 0.3) is 0 Å². The normalized spacial score (nSPS) is 27.9. The molecule has 1 heterocycles. The molecule has 1 aliphatic rings. The Morgan fingerprint density at radius 3 is 2.87 bits per heavy atom. The average Bonchev–Trinajstić information content (AvgIpc) is 2.59. The van der Waals surface area contributed by atoms with Crippen molar-refractivity contribution in [3.8, 4) is 0 Å². The number of nitrogens with one attached hydrogen (secondary N) is 1. The minimum absolute atomic E-state index is 0.0886. The molecule has 1 aliphatic heterocycles. The van der Waals surface area contributed by atoms with Gasteiger partial charge in [-0.15, -0.1) is 0 Å².